The molecule has 0 spiro atoms. The maximum absolute atomic E-state index is 13.1. The van der Waals surface area contributed by atoms with Gasteiger partial charge < -0.3 is 14.4 Å². The van der Waals surface area contributed by atoms with Gasteiger partial charge >= 0.3 is 0 Å². The summed E-state index contributed by atoms with van der Waals surface area (Å²) in [5, 5.41) is 14.5. The Hall–Kier alpha value is -3.67. The molecule has 40 heavy (non-hydrogen) atoms. The number of likely N-dealkylation sites (N-methyl/N-ethyl adjacent to an activating group) is 1. The van der Waals surface area contributed by atoms with Gasteiger partial charge in [-0.25, -0.2) is 4.98 Å². The van der Waals surface area contributed by atoms with E-state index in [0.29, 0.717) is 35.9 Å². The number of carbonyl (C=O) groups excluding carboxylic acids is 1. The van der Waals surface area contributed by atoms with E-state index < -0.39 is 0 Å². The van der Waals surface area contributed by atoms with Crippen molar-refractivity contribution in [3.8, 4) is 27.9 Å². The molecule has 0 saturated carbocycles. The highest BCUT2D eigenvalue weighted by atomic mass is 32.2. The summed E-state index contributed by atoms with van der Waals surface area (Å²) >= 11 is 4.68. The number of thioether (sulfide) groups is 1. The van der Waals surface area contributed by atoms with Gasteiger partial charge in [-0.05, 0) is 60.2 Å². The van der Waals surface area contributed by atoms with E-state index in [1.165, 1.54) is 11.3 Å². The number of thiophene rings is 1. The molecule has 1 amide bonds. The fourth-order valence-corrected chi connectivity index (χ4v) is 6.60. The Balaban J connectivity index is 1.25. The first kappa shape index (κ1) is 27.9. The zero-order valence-electron chi connectivity index (χ0n) is 22.7. The van der Waals surface area contributed by atoms with Crippen LogP contribution in [0.4, 0.5) is 0 Å². The molecule has 3 aromatic heterocycles. The monoisotopic (exact) mass is 591 g/mol. The van der Waals surface area contributed by atoms with Crippen molar-refractivity contribution < 1.29 is 14.3 Å². The number of methoxy groups -OCH3 is 2. The molecule has 0 aliphatic heterocycles. The molecule has 11 heteroatoms. The largest absolute Gasteiger partial charge is 0.493 e. The van der Waals surface area contributed by atoms with Crippen LogP contribution >= 0.6 is 34.4 Å². The lowest BCUT2D eigenvalue weighted by Crippen LogP contribution is -2.29. The summed E-state index contributed by atoms with van der Waals surface area (Å²) in [6.07, 6.45) is 0.691. The zero-order valence-corrected chi connectivity index (χ0v) is 25.1. The maximum atomic E-state index is 13.1. The summed E-state index contributed by atoms with van der Waals surface area (Å²) in [6, 6.07) is 18.2. The van der Waals surface area contributed by atoms with Crippen LogP contribution in [-0.2, 0) is 12.2 Å². The first-order chi connectivity index (χ1) is 19.5. The first-order valence-electron chi connectivity index (χ1n) is 12.6. The summed E-state index contributed by atoms with van der Waals surface area (Å²) in [5.41, 5.74) is 3.70. The Kier molecular flexibility index (Phi) is 8.83. The molecule has 0 fully saturated rings. The lowest BCUT2D eigenvalue weighted by atomic mass is 10.1. The highest BCUT2D eigenvalue weighted by molar-refractivity contribution is 7.98. The topological polar surface area (TPSA) is 82.4 Å². The molecule has 5 rings (SSSR count). The van der Waals surface area contributed by atoms with Gasteiger partial charge in [0.15, 0.2) is 22.5 Å². The van der Waals surface area contributed by atoms with Crippen LogP contribution < -0.4 is 9.47 Å². The Labute approximate surface area is 245 Å². The molecule has 0 unspecified atom stereocenters. The number of carbonyl (C=O) groups is 1. The van der Waals surface area contributed by atoms with Crippen molar-refractivity contribution in [2.24, 2.45) is 0 Å². The number of hydrogen-bond donors (Lipinski definition) is 0. The molecule has 2 aromatic carbocycles. The number of thiazole rings is 1. The molecule has 0 radical (unpaired) electrons. The predicted octanol–water partition coefficient (Wildman–Crippen LogP) is 6.38. The molecular weight excluding hydrogens is 563 g/mol. The molecule has 0 aliphatic carbocycles. The normalized spacial score (nSPS) is 11.0. The molecular formula is C29H29N5O3S3. The van der Waals surface area contributed by atoms with Crippen molar-refractivity contribution in [1.29, 1.82) is 0 Å². The van der Waals surface area contributed by atoms with Gasteiger partial charge in [-0.15, -0.1) is 32.9 Å². The zero-order chi connectivity index (χ0) is 28.1. The van der Waals surface area contributed by atoms with Crippen molar-refractivity contribution in [3.05, 3.63) is 87.2 Å². The molecule has 0 bridgehead atoms. The molecule has 0 N–H and O–H groups in total. The van der Waals surface area contributed by atoms with Crippen LogP contribution in [0, 0.1) is 6.92 Å². The minimum atomic E-state index is -0.101. The lowest BCUT2D eigenvalue weighted by molar-refractivity contribution is 0.0791. The molecule has 0 atom stereocenters. The minimum absolute atomic E-state index is 0.101. The second-order valence-electron chi connectivity index (χ2n) is 9.04. The second-order valence-corrected chi connectivity index (χ2v) is 11.9. The number of rotatable bonds is 11. The van der Waals surface area contributed by atoms with Crippen molar-refractivity contribution in [2.75, 3.05) is 27.8 Å². The number of nitrogens with zero attached hydrogens (tertiary/aromatic N) is 5. The van der Waals surface area contributed by atoms with Crippen LogP contribution in [0.25, 0.3) is 16.4 Å². The van der Waals surface area contributed by atoms with Crippen LogP contribution in [0.5, 0.6) is 11.5 Å². The number of amides is 1. The summed E-state index contributed by atoms with van der Waals surface area (Å²) in [5.74, 6) is 2.66. The van der Waals surface area contributed by atoms with E-state index in [0.717, 1.165) is 37.7 Å². The number of ether oxygens (including phenoxy) is 2. The highest BCUT2D eigenvalue weighted by Gasteiger charge is 2.19. The van der Waals surface area contributed by atoms with Crippen LogP contribution in [-0.4, -0.2) is 58.4 Å². The Bertz CT molecular complexity index is 1600. The van der Waals surface area contributed by atoms with E-state index in [9.17, 15) is 4.79 Å². The SMILES string of the molecule is COc1ccc(CCN(C)C(=O)c2csc(CSc3nnc(-c4cccs4)n3-c3cccc(C)c3)n2)cc1OC. The van der Waals surface area contributed by atoms with Crippen LogP contribution in [0.2, 0.25) is 0 Å². The van der Waals surface area contributed by atoms with E-state index in [4.69, 9.17) is 9.47 Å². The number of aryl methyl sites for hydroxylation is 1. The Morgan fingerprint density at radius 1 is 1.02 bits per heavy atom. The highest BCUT2D eigenvalue weighted by Crippen LogP contribution is 2.32. The summed E-state index contributed by atoms with van der Waals surface area (Å²) < 4.78 is 12.8. The van der Waals surface area contributed by atoms with Gasteiger partial charge in [0, 0.05) is 19.0 Å². The number of hydrogen-bond acceptors (Lipinski definition) is 9. The van der Waals surface area contributed by atoms with E-state index in [1.54, 1.807) is 49.3 Å². The average Bonchev–Trinajstić information content (AvgIpc) is 3.75. The van der Waals surface area contributed by atoms with Gasteiger partial charge in [-0.2, -0.15) is 0 Å². The fourth-order valence-electron chi connectivity index (χ4n) is 4.16. The van der Waals surface area contributed by atoms with E-state index in [1.807, 2.05) is 41.1 Å². The van der Waals surface area contributed by atoms with E-state index in [2.05, 4.69) is 50.9 Å². The second kappa shape index (κ2) is 12.7. The molecule has 8 nitrogen and oxygen atoms in total. The van der Waals surface area contributed by atoms with E-state index >= 15 is 0 Å². The van der Waals surface area contributed by atoms with Gasteiger partial charge in [0.05, 0.1) is 30.5 Å². The standard InChI is InChI=1S/C29H29N5O3S3/c1-19-7-5-8-21(15-19)34-27(25-9-6-14-38-25)31-32-29(34)40-18-26-30-22(17-39-26)28(35)33(2)13-12-20-10-11-23(36-3)24(16-20)37-4/h5-11,14-17H,12-13,18H2,1-4H3. The molecule has 0 aliphatic rings. The summed E-state index contributed by atoms with van der Waals surface area (Å²) in [4.78, 5) is 20.5. The smallest absolute Gasteiger partial charge is 0.273 e. The molecule has 3 heterocycles. The Morgan fingerprint density at radius 2 is 1.88 bits per heavy atom. The van der Waals surface area contributed by atoms with Crippen LogP contribution in [0.1, 0.15) is 26.6 Å². The first-order valence-corrected chi connectivity index (χ1v) is 15.3. The molecule has 0 saturated heterocycles. The molecule has 206 valence electrons. The summed E-state index contributed by atoms with van der Waals surface area (Å²) in [6.45, 7) is 2.63. The van der Waals surface area contributed by atoms with Gasteiger partial charge in [0.1, 0.15) is 10.7 Å². The third-order valence-electron chi connectivity index (χ3n) is 6.26. The van der Waals surface area contributed by atoms with Gasteiger partial charge in [-0.3, -0.25) is 9.36 Å². The van der Waals surface area contributed by atoms with Crippen molar-refractivity contribution >= 4 is 40.3 Å². The lowest BCUT2D eigenvalue weighted by Gasteiger charge is -2.16. The average molecular weight is 592 g/mol. The fraction of sp³-hybridized carbons (Fsp3) is 0.241. The van der Waals surface area contributed by atoms with Crippen LogP contribution in [0.15, 0.2) is 70.5 Å². The number of aromatic nitrogens is 4. The minimum Gasteiger partial charge on any atom is -0.493 e. The van der Waals surface area contributed by atoms with Crippen LogP contribution in [0.3, 0.4) is 0 Å². The van der Waals surface area contributed by atoms with Gasteiger partial charge in [0.2, 0.25) is 0 Å². The quantitative estimate of drug-likeness (QED) is 0.165. The molecule has 5 aromatic rings. The van der Waals surface area contributed by atoms with Crippen molar-refractivity contribution in [3.63, 3.8) is 0 Å². The third-order valence-corrected chi connectivity index (χ3v) is 9.10. The number of benzene rings is 2. The Morgan fingerprint density at radius 3 is 2.62 bits per heavy atom. The maximum Gasteiger partial charge on any atom is 0.273 e. The van der Waals surface area contributed by atoms with Crippen molar-refractivity contribution in [1.82, 2.24) is 24.6 Å². The summed E-state index contributed by atoms with van der Waals surface area (Å²) in [7, 11) is 5.03. The third kappa shape index (κ3) is 6.22. The van der Waals surface area contributed by atoms with Gasteiger partial charge in [0.25, 0.3) is 5.91 Å². The van der Waals surface area contributed by atoms with Gasteiger partial charge in [-0.1, -0.05) is 36.0 Å². The predicted molar refractivity (Wildman–Crippen MR) is 161 cm³/mol. The van der Waals surface area contributed by atoms with E-state index in [-0.39, 0.29) is 5.91 Å². The van der Waals surface area contributed by atoms with Crippen molar-refractivity contribution in [2.45, 2.75) is 24.3 Å².